The number of nitrogens with one attached hydrogen (secondary N) is 1. The van der Waals surface area contributed by atoms with Crippen LogP contribution in [0.3, 0.4) is 0 Å². The lowest BCUT2D eigenvalue weighted by Crippen LogP contribution is -2.43. The van der Waals surface area contributed by atoms with Crippen molar-refractivity contribution in [3.8, 4) is 17.1 Å². The highest BCUT2D eigenvalue weighted by Gasteiger charge is 2.26. The number of benzene rings is 1. The van der Waals surface area contributed by atoms with Crippen LogP contribution >= 0.6 is 0 Å². The molecular formula is C25H33N7O2. The number of carbonyl (C=O) groups is 1. The van der Waals surface area contributed by atoms with Gasteiger partial charge in [0, 0.05) is 37.7 Å². The summed E-state index contributed by atoms with van der Waals surface area (Å²) in [7, 11) is 1.65. The number of fused-ring (bicyclic) bond motifs is 1. The highest BCUT2D eigenvalue weighted by Crippen LogP contribution is 2.25. The fourth-order valence-corrected chi connectivity index (χ4v) is 4.90. The van der Waals surface area contributed by atoms with Crippen LogP contribution in [-0.2, 0) is 4.79 Å². The minimum atomic E-state index is 0.0751. The van der Waals surface area contributed by atoms with E-state index in [1.807, 2.05) is 36.4 Å². The van der Waals surface area contributed by atoms with Gasteiger partial charge in [0.05, 0.1) is 7.11 Å². The third-order valence-electron chi connectivity index (χ3n) is 6.96. The van der Waals surface area contributed by atoms with Crippen LogP contribution in [0.15, 0.2) is 36.4 Å². The number of ether oxygens (including phenoxy) is 1. The molecule has 0 atom stereocenters. The number of likely N-dealkylation sites (tertiary alicyclic amines) is 1. The molecule has 9 heteroatoms. The molecule has 180 valence electrons. The molecule has 9 nitrogen and oxygen atoms in total. The fraction of sp³-hybridized carbons (Fsp3) is 0.520. The maximum Gasteiger partial charge on any atom is 0.223 e. The molecule has 0 spiro atoms. The van der Waals surface area contributed by atoms with Gasteiger partial charge in [-0.25, -0.2) is 0 Å². The van der Waals surface area contributed by atoms with Gasteiger partial charge in [-0.05, 0) is 75.2 Å². The molecule has 2 aromatic heterocycles. The van der Waals surface area contributed by atoms with E-state index >= 15 is 0 Å². The molecule has 1 amide bonds. The molecule has 34 heavy (non-hydrogen) atoms. The summed E-state index contributed by atoms with van der Waals surface area (Å²) in [4.78, 5) is 17.4. The Kier molecular flexibility index (Phi) is 6.89. The van der Waals surface area contributed by atoms with Crippen molar-refractivity contribution in [3.05, 3.63) is 36.4 Å². The predicted octanol–water partition coefficient (Wildman–Crippen LogP) is 2.62. The summed E-state index contributed by atoms with van der Waals surface area (Å²) in [6, 6.07) is 11.7. The molecule has 2 fully saturated rings. The molecule has 0 aliphatic carbocycles. The van der Waals surface area contributed by atoms with Crippen molar-refractivity contribution in [2.45, 2.75) is 32.1 Å². The van der Waals surface area contributed by atoms with Gasteiger partial charge in [0.2, 0.25) is 5.91 Å². The number of piperidine rings is 2. The third-order valence-corrected chi connectivity index (χ3v) is 6.96. The predicted molar refractivity (Wildman–Crippen MR) is 131 cm³/mol. The van der Waals surface area contributed by atoms with Crippen molar-refractivity contribution < 1.29 is 9.53 Å². The Hall–Kier alpha value is -3.20. The molecule has 3 aromatic rings. The minimum absolute atomic E-state index is 0.0751. The molecule has 0 bridgehead atoms. The molecule has 1 N–H and O–H groups in total. The maximum atomic E-state index is 12.7. The average molecular weight is 464 g/mol. The zero-order chi connectivity index (χ0) is 23.3. The molecule has 4 heterocycles. The van der Waals surface area contributed by atoms with E-state index in [1.165, 1.54) is 19.3 Å². The SMILES string of the molecule is COc1ccc(-c2nnc3ccc(N4CCC(C(=O)NCCN5CCCCC5)CC4)nn23)cc1. The van der Waals surface area contributed by atoms with Crippen LogP contribution in [0.2, 0.25) is 0 Å². The van der Waals surface area contributed by atoms with E-state index in [9.17, 15) is 4.79 Å². The highest BCUT2D eigenvalue weighted by atomic mass is 16.5. The zero-order valence-corrected chi connectivity index (χ0v) is 19.8. The van der Waals surface area contributed by atoms with Crippen molar-refractivity contribution in [2.75, 3.05) is 51.3 Å². The van der Waals surface area contributed by atoms with Gasteiger partial charge in [0.15, 0.2) is 11.5 Å². The van der Waals surface area contributed by atoms with Crippen molar-refractivity contribution in [2.24, 2.45) is 5.92 Å². The summed E-state index contributed by atoms with van der Waals surface area (Å²) < 4.78 is 7.04. The van der Waals surface area contributed by atoms with Crippen LogP contribution in [0.1, 0.15) is 32.1 Å². The van der Waals surface area contributed by atoms with Gasteiger partial charge in [-0.15, -0.1) is 15.3 Å². The first-order valence-electron chi connectivity index (χ1n) is 12.3. The monoisotopic (exact) mass is 463 g/mol. The van der Waals surface area contributed by atoms with Gasteiger partial charge in [-0.2, -0.15) is 4.52 Å². The second-order valence-electron chi connectivity index (χ2n) is 9.17. The summed E-state index contributed by atoms with van der Waals surface area (Å²) in [6.07, 6.45) is 5.57. The van der Waals surface area contributed by atoms with Crippen molar-refractivity contribution in [1.29, 1.82) is 0 Å². The van der Waals surface area contributed by atoms with Crippen molar-refractivity contribution in [1.82, 2.24) is 30.0 Å². The smallest absolute Gasteiger partial charge is 0.223 e. The number of nitrogens with zero attached hydrogens (tertiary/aromatic N) is 6. The fourth-order valence-electron chi connectivity index (χ4n) is 4.90. The minimum Gasteiger partial charge on any atom is -0.497 e. The Bertz CT molecular complexity index is 1100. The summed E-state index contributed by atoms with van der Waals surface area (Å²) in [5.41, 5.74) is 1.63. The topological polar surface area (TPSA) is 87.9 Å². The highest BCUT2D eigenvalue weighted by molar-refractivity contribution is 5.79. The molecule has 5 rings (SSSR count). The van der Waals surface area contributed by atoms with Crippen LogP contribution in [0.4, 0.5) is 5.82 Å². The second kappa shape index (κ2) is 10.4. The number of carbonyl (C=O) groups excluding carboxylic acids is 1. The van der Waals surface area contributed by atoms with Crippen LogP contribution in [0.25, 0.3) is 17.0 Å². The quantitative estimate of drug-likeness (QED) is 0.576. The maximum absolute atomic E-state index is 12.7. The first-order chi connectivity index (χ1) is 16.7. The van der Waals surface area contributed by atoms with E-state index in [4.69, 9.17) is 9.84 Å². The van der Waals surface area contributed by atoms with Crippen molar-refractivity contribution >= 4 is 17.4 Å². The standard InChI is InChI=1S/C25H33N7O2/c1-34-21-7-5-19(6-8-21)24-28-27-22-9-10-23(29-32(22)24)31-16-11-20(12-17-31)25(33)26-13-18-30-14-3-2-4-15-30/h5-10,20H,2-4,11-18H2,1H3,(H,26,33). The molecule has 2 aliphatic rings. The van der Waals surface area contributed by atoms with E-state index < -0.39 is 0 Å². The normalized spacial score (nSPS) is 17.7. The van der Waals surface area contributed by atoms with Crippen LogP contribution in [0, 0.1) is 5.92 Å². The Morgan fingerprint density at radius 3 is 2.50 bits per heavy atom. The van der Waals surface area contributed by atoms with Gasteiger partial charge in [-0.3, -0.25) is 4.79 Å². The van der Waals surface area contributed by atoms with Crippen LogP contribution < -0.4 is 15.0 Å². The lowest BCUT2D eigenvalue weighted by atomic mass is 9.96. The number of aromatic nitrogens is 4. The summed E-state index contributed by atoms with van der Waals surface area (Å²) in [6.45, 7) is 5.66. The first-order valence-corrected chi connectivity index (χ1v) is 12.3. The van der Waals surface area contributed by atoms with Gasteiger partial charge in [0.1, 0.15) is 11.6 Å². The Morgan fingerprint density at radius 2 is 1.76 bits per heavy atom. The number of methoxy groups -OCH3 is 1. The van der Waals surface area contributed by atoms with Crippen LogP contribution in [0.5, 0.6) is 5.75 Å². The molecule has 0 saturated carbocycles. The molecular weight excluding hydrogens is 430 g/mol. The summed E-state index contributed by atoms with van der Waals surface area (Å²) in [5.74, 6) is 2.64. The first kappa shape index (κ1) is 22.6. The molecule has 0 radical (unpaired) electrons. The number of rotatable bonds is 7. The molecule has 1 aromatic carbocycles. The third kappa shape index (κ3) is 4.99. The number of hydrogen-bond donors (Lipinski definition) is 1. The van der Waals surface area contributed by atoms with Gasteiger partial charge < -0.3 is 19.9 Å². The zero-order valence-electron chi connectivity index (χ0n) is 19.8. The van der Waals surface area contributed by atoms with Crippen LogP contribution in [-0.4, -0.2) is 77.0 Å². The number of amides is 1. The van der Waals surface area contributed by atoms with E-state index in [1.54, 1.807) is 11.6 Å². The molecule has 2 aliphatic heterocycles. The largest absolute Gasteiger partial charge is 0.497 e. The number of hydrogen-bond acceptors (Lipinski definition) is 7. The van der Waals surface area contributed by atoms with Gasteiger partial charge in [-0.1, -0.05) is 6.42 Å². The Morgan fingerprint density at radius 1 is 1.00 bits per heavy atom. The van der Waals surface area contributed by atoms with E-state index in [2.05, 4.69) is 25.3 Å². The lowest BCUT2D eigenvalue weighted by molar-refractivity contribution is -0.125. The molecule has 0 unspecified atom stereocenters. The van der Waals surface area contributed by atoms with Gasteiger partial charge >= 0.3 is 0 Å². The summed E-state index contributed by atoms with van der Waals surface area (Å²) >= 11 is 0. The van der Waals surface area contributed by atoms with Gasteiger partial charge in [0.25, 0.3) is 0 Å². The summed E-state index contributed by atoms with van der Waals surface area (Å²) in [5, 5.41) is 16.6. The van der Waals surface area contributed by atoms with E-state index in [-0.39, 0.29) is 11.8 Å². The van der Waals surface area contributed by atoms with E-state index in [0.29, 0.717) is 11.5 Å². The Labute approximate surface area is 200 Å². The second-order valence-corrected chi connectivity index (χ2v) is 9.17. The van der Waals surface area contributed by atoms with E-state index in [0.717, 1.165) is 69.2 Å². The number of anilines is 1. The van der Waals surface area contributed by atoms with Crippen molar-refractivity contribution in [3.63, 3.8) is 0 Å². The lowest BCUT2D eigenvalue weighted by Gasteiger charge is -2.32. The molecule has 2 saturated heterocycles. The average Bonchev–Trinajstić information content (AvgIpc) is 3.33. The Balaban J connectivity index is 1.18.